The monoisotopic (exact) mass is 223 g/mol. The van der Waals surface area contributed by atoms with E-state index in [1.807, 2.05) is 6.07 Å². The molecule has 1 aliphatic carbocycles. The highest BCUT2D eigenvalue weighted by Gasteiger charge is 2.58. The molecule has 3 rings (SSSR count). The molecule has 1 heterocycles. The number of benzene rings is 1. The van der Waals surface area contributed by atoms with E-state index in [9.17, 15) is 0 Å². The quantitative estimate of drug-likeness (QED) is 0.830. The van der Waals surface area contributed by atoms with Gasteiger partial charge in [-0.15, -0.1) is 0 Å². The predicted molar refractivity (Wildman–Crippen MR) is 60.7 cm³/mol. The standard InChI is InChI=1S/C12H14ClNO/c1-15-11-3-2-8(4-10(11)13)12-5-9(12)6-14-7-12/h2-4,9,14H,5-7H2,1H3. The largest absolute Gasteiger partial charge is 0.495 e. The maximum atomic E-state index is 6.14. The van der Waals surface area contributed by atoms with E-state index in [1.54, 1.807) is 7.11 Å². The maximum absolute atomic E-state index is 6.14. The molecule has 80 valence electrons. The third kappa shape index (κ3) is 1.28. The summed E-state index contributed by atoms with van der Waals surface area (Å²) in [6, 6.07) is 6.19. The Morgan fingerprint density at radius 2 is 2.40 bits per heavy atom. The van der Waals surface area contributed by atoms with Crippen LogP contribution in [0.1, 0.15) is 12.0 Å². The molecular formula is C12H14ClNO. The van der Waals surface area contributed by atoms with Crippen LogP contribution in [0.4, 0.5) is 0 Å². The lowest BCUT2D eigenvalue weighted by Crippen LogP contribution is -2.19. The Morgan fingerprint density at radius 1 is 1.53 bits per heavy atom. The summed E-state index contributed by atoms with van der Waals surface area (Å²) in [6.45, 7) is 2.25. The molecule has 15 heavy (non-hydrogen) atoms. The van der Waals surface area contributed by atoms with Crippen LogP contribution >= 0.6 is 11.6 Å². The Kier molecular flexibility index (Phi) is 1.98. The Morgan fingerprint density at radius 3 is 2.93 bits per heavy atom. The van der Waals surface area contributed by atoms with E-state index in [0.717, 1.165) is 29.8 Å². The molecule has 2 aliphatic rings. The molecule has 3 heteroatoms. The summed E-state index contributed by atoms with van der Waals surface area (Å²) < 4.78 is 5.16. The average molecular weight is 224 g/mol. The van der Waals surface area contributed by atoms with Gasteiger partial charge in [-0.1, -0.05) is 17.7 Å². The fourth-order valence-electron chi connectivity index (χ4n) is 2.77. The Labute approximate surface area is 94.6 Å². The molecule has 0 bridgehead atoms. The molecule has 1 aromatic rings. The fraction of sp³-hybridized carbons (Fsp3) is 0.500. The highest BCUT2D eigenvalue weighted by molar-refractivity contribution is 6.32. The maximum Gasteiger partial charge on any atom is 0.137 e. The summed E-state index contributed by atoms with van der Waals surface area (Å²) in [6.07, 6.45) is 1.31. The molecule has 0 radical (unpaired) electrons. The summed E-state index contributed by atoms with van der Waals surface area (Å²) in [4.78, 5) is 0. The average Bonchev–Trinajstić information content (AvgIpc) is 2.82. The topological polar surface area (TPSA) is 21.3 Å². The van der Waals surface area contributed by atoms with Crippen LogP contribution in [0.5, 0.6) is 5.75 Å². The second-order valence-corrected chi connectivity index (χ2v) is 4.94. The number of ether oxygens (including phenoxy) is 1. The van der Waals surface area contributed by atoms with Gasteiger partial charge >= 0.3 is 0 Å². The van der Waals surface area contributed by atoms with Crippen LogP contribution in [0.2, 0.25) is 5.02 Å². The first-order valence-electron chi connectivity index (χ1n) is 5.31. The Bertz CT molecular complexity index is 407. The van der Waals surface area contributed by atoms with Gasteiger partial charge in [0, 0.05) is 12.0 Å². The van der Waals surface area contributed by atoms with E-state index in [4.69, 9.17) is 16.3 Å². The van der Waals surface area contributed by atoms with E-state index in [2.05, 4.69) is 17.4 Å². The van der Waals surface area contributed by atoms with Crippen molar-refractivity contribution in [3.8, 4) is 5.75 Å². The van der Waals surface area contributed by atoms with Crippen molar-refractivity contribution in [2.24, 2.45) is 5.92 Å². The van der Waals surface area contributed by atoms with Crippen LogP contribution in [-0.4, -0.2) is 20.2 Å². The van der Waals surface area contributed by atoms with Gasteiger partial charge in [-0.3, -0.25) is 0 Å². The molecule has 1 aromatic carbocycles. The number of methoxy groups -OCH3 is 1. The molecule has 2 nitrogen and oxygen atoms in total. The van der Waals surface area contributed by atoms with Crippen molar-refractivity contribution >= 4 is 11.6 Å². The van der Waals surface area contributed by atoms with Crippen molar-refractivity contribution in [1.82, 2.24) is 5.32 Å². The minimum Gasteiger partial charge on any atom is -0.495 e. The third-order valence-corrected chi connectivity index (χ3v) is 4.09. The van der Waals surface area contributed by atoms with Crippen LogP contribution in [-0.2, 0) is 5.41 Å². The first-order chi connectivity index (χ1) is 7.26. The summed E-state index contributed by atoms with van der Waals surface area (Å²) in [5, 5.41) is 4.16. The minimum atomic E-state index is 0.385. The van der Waals surface area contributed by atoms with Gasteiger partial charge in [0.05, 0.1) is 12.1 Å². The smallest absolute Gasteiger partial charge is 0.137 e. The number of hydrogen-bond acceptors (Lipinski definition) is 2. The summed E-state index contributed by atoms with van der Waals surface area (Å²) in [7, 11) is 1.65. The minimum absolute atomic E-state index is 0.385. The van der Waals surface area contributed by atoms with E-state index in [0.29, 0.717) is 5.41 Å². The first kappa shape index (κ1) is 9.49. The Hall–Kier alpha value is -0.730. The van der Waals surface area contributed by atoms with Gasteiger partial charge in [0.1, 0.15) is 5.75 Å². The fourth-order valence-corrected chi connectivity index (χ4v) is 3.02. The van der Waals surface area contributed by atoms with Crippen molar-refractivity contribution < 1.29 is 4.74 Å². The number of halogens is 1. The van der Waals surface area contributed by atoms with Gasteiger partial charge in [0.15, 0.2) is 0 Å². The van der Waals surface area contributed by atoms with Gasteiger partial charge in [-0.2, -0.15) is 0 Å². The first-order valence-corrected chi connectivity index (χ1v) is 5.69. The molecule has 0 spiro atoms. The van der Waals surface area contributed by atoms with E-state index < -0.39 is 0 Å². The highest BCUT2D eigenvalue weighted by atomic mass is 35.5. The van der Waals surface area contributed by atoms with Crippen LogP contribution < -0.4 is 10.1 Å². The van der Waals surface area contributed by atoms with Crippen LogP contribution in [0.25, 0.3) is 0 Å². The number of fused-ring (bicyclic) bond motifs is 1. The van der Waals surface area contributed by atoms with Gasteiger partial charge in [0.2, 0.25) is 0 Å². The van der Waals surface area contributed by atoms with Crippen molar-refractivity contribution in [3.63, 3.8) is 0 Å². The van der Waals surface area contributed by atoms with E-state index in [1.165, 1.54) is 12.0 Å². The van der Waals surface area contributed by atoms with Crippen molar-refractivity contribution in [1.29, 1.82) is 0 Å². The zero-order chi connectivity index (χ0) is 10.5. The zero-order valence-electron chi connectivity index (χ0n) is 8.72. The van der Waals surface area contributed by atoms with E-state index in [-0.39, 0.29) is 0 Å². The van der Waals surface area contributed by atoms with Crippen LogP contribution in [0, 0.1) is 5.92 Å². The molecule has 2 atom stereocenters. The molecule has 0 aromatic heterocycles. The third-order valence-electron chi connectivity index (χ3n) is 3.79. The molecule has 1 N–H and O–H groups in total. The van der Waals surface area contributed by atoms with Gasteiger partial charge in [-0.05, 0) is 36.6 Å². The number of piperidine rings is 1. The molecule has 0 amide bonds. The SMILES string of the molecule is COc1ccc(C23CNCC2C3)cc1Cl. The summed E-state index contributed by atoms with van der Waals surface area (Å²) in [5.41, 5.74) is 1.75. The van der Waals surface area contributed by atoms with Gasteiger partial charge in [-0.25, -0.2) is 0 Å². The molecule has 2 unspecified atom stereocenters. The summed E-state index contributed by atoms with van der Waals surface area (Å²) >= 11 is 6.14. The second-order valence-electron chi connectivity index (χ2n) is 4.54. The molecule has 1 aliphatic heterocycles. The lowest BCUT2D eigenvalue weighted by Gasteiger charge is -2.13. The lowest BCUT2D eigenvalue weighted by atomic mass is 9.95. The number of rotatable bonds is 2. The molecule has 1 saturated carbocycles. The molecule has 2 fully saturated rings. The lowest BCUT2D eigenvalue weighted by molar-refractivity contribution is 0.414. The molecule has 1 saturated heterocycles. The number of hydrogen-bond donors (Lipinski definition) is 1. The number of nitrogens with one attached hydrogen (secondary N) is 1. The van der Waals surface area contributed by atoms with Crippen LogP contribution in [0.15, 0.2) is 18.2 Å². The molecular weight excluding hydrogens is 210 g/mol. The van der Waals surface area contributed by atoms with E-state index >= 15 is 0 Å². The predicted octanol–water partition coefficient (Wildman–Crippen LogP) is 2.21. The Balaban J connectivity index is 1.97. The van der Waals surface area contributed by atoms with Crippen molar-refractivity contribution in [2.45, 2.75) is 11.8 Å². The zero-order valence-corrected chi connectivity index (χ0v) is 9.47. The highest BCUT2D eigenvalue weighted by Crippen LogP contribution is 2.56. The second kappa shape index (κ2) is 3.13. The van der Waals surface area contributed by atoms with Gasteiger partial charge in [0.25, 0.3) is 0 Å². The van der Waals surface area contributed by atoms with Crippen molar-refractivity contribution in [3.05, 3.63) is 28.8 Å². The normalized spacial score (nSPS) is 32.5. The summed E-state index contributed by atoms with van der Waals surface area (Å²) in [5.74, 6) is 1.59. The van der Waals surface area contributed by atoms with Crippen LogP contribution in [0.3, 0.4) is 0 Å². The van der Waals surface area contributed by atoms with Gasteiger partial charge < -0.3 is 10.1 Å². The van der Waals surface area contributed by atoms with Crippen molar-refractivity contribution in [2.75, 3.05) is 20.2 Å².